The van der Waals surface area contributed by atoms with Crippen LogP contribution in [0.25, 0.3) is 5.69 Å². The van der Waals surface area contributed by atoms with Crippen molar-refractivity contribution >= 4 is 5.91 Å². The van der Waals surface area contributed by atoms with Crippen molar-refractivity contribution in [3.8, 4) is 5.69 Å². The summed E-state index contributed by atoms with van der Waals surface area (Å²) in [6.07, 6.45) is 1.93. The lowest BCUT2D eigenvalue weighted by molar-refractivity contribution is 0.0489. The van der Waals surface area contributed by atoms with E-state index in [9.17, 15) is 9.90 Å². The van der Waals surface area contributed by atoms with Crippen molar-refractivity contribution < 1.29 is 9.90 Å². The summed E-state index contributed by atoms with van der Waals surface area (Å²) in [5.74, 6) is 0.236. The quantitative estimate of drug-likeness (QED) is 0.943. The number of nitrogens with zero attached hydrogens (tertiary/aromatic N) is 3. The molecule has 2 atom stereocenters. The lowest BCUT2D eigenvalue weighted by Crippen LogP contribution is -2.46. The Balaban J connectivity index is 1.80. The molecule has 5 nitrogen and oxygen atoms in total. The first-order valence-corrected chi connectivity index (χ1v) is 8.55. The van der Waals surface area contributed by atoms with E-state index in [2.05, 4.69) is 12.0 Å². The van der Waals surface area contributed by atoms with Gasteiger partial charge in [0.25, 0.3) is 5.91 Å². The molecule has 1 aliphatic rings. The fourth-order valence-electron chi connectivity index (χ4n) is 3.42. The van der Waals surface area contributed by atoms with Crippen molar-refractivity contribution in [2.75, 3.05) is 13.2 Å². The van der Waals surface area contributed by atoms with E-state index in [0.29, 0.717) is 12.1 Å². The summed E-state index contributed by atoms with van der Waals surface area (Å²) in [6, 6.07) is 9.85. The van der Waals surface area contributed by atoms with Crippen molar-refractivity contribution in [3.05, 3.63) is 47.3 Å². The van der Waals surface area contributed by atoms with E-state index in [1.165, 1.54) is 0 Å². The molecule has 0 spiro atoms. The van der Waals surface area contributed by atoms with Crippen LogP contribution >= 0.6 is 0 Å². The molecule has 128 valence electrons. The highest BCUT2D eigenvalue weighted by Gasteiger charge is 2.29. The van der Waals surface area contributed by atoms with Gasteiger partial charge in [-0.2, -0.15) is 5.10 Å². The van der Waals surface area contributed by atoms with Crippen LogP contribution in [0.2, 0.25) is 0 Å². The fourth-order valence-corrected chi connectivity index (χ4v) is 3.42. The van der Waals surface area contributed by atoms with Gasteiger partial charge in [0.2, 0.25) is 0 Å². The van der Waals surface area contributed by atoms with Crippen LogP contribution in [0.5, 0.6) is 0 Å². The number of carbonyl (C=O) groups is 1. The van der Waals surface area contributed by atoms with Gasteiger partial charge < -0.3 is 10.0 Å². The van der Waals surface area contributed by atoms with Gasteiger partial charge in [-0.25, -0.2) is 4.68 Å². The molecule has 2 aromatic rings. The molecule has 24 heavy (non-hydrogen) atoms. The average Bonchev–Trinajstić information content (AvgIpc) is 2.93. The predicted molar refractivity (Wildman–Crippen MR) is 93.3 cm³/mol. The molecule has 1 fully saturated rings. The van der Waals surface area contributed by atoms with Crippen molar-refractivity contribution in [2.45, 2.75) is 39.7 Å². The molecule has 0 bridgehead atoms. The summed E-state index contributed by atoms with van der Waals surface area (Å²) < 4.78 is 1.88. The van der Waals surface area contributed by atoms with Gasteiger partial charge >= 0.3 is 0 Å². The Hall–Kier alpha value is -2.14. The number of benzene rings is 1. The summed E-state index contributed by atoms with van der Waals surface area (Å²) in [4.78, 5) is 14.7. The molecule has 2 unspecified atom stereocenters. The van der Waals surface area contributed by atoms with Crippen LogP contribution in [0.15, 0.2) is 30.3 Å². The molecule has 5 heteroatoms. The molecule has 1 aromatic carbocycles. The maximum atomic E-state index is 12.8. The number of hydrogen-bond acceptors (Lipinski definition) is 3. The largest absolute Gasteiger partial charge is 0.396 e. The van der Waals surface area contributed by atoms with E-state index in [1.54, 1.807) is 0 Å². The van der Waals surface area contributed by atoms with Gasteiger partial charge in [-0.1, -0.05) is 0 Å². The Morgan fingerprint density at radius 1 is 1.25 bits per heavy atom. The third-order valence-corrected chi connectivity index (χ3v) is 4.87. The zero-order valence-electron chi connectivity index (χ0n) is 14.6. The number of rotatable bonds is 3. The van der Waals surface area contributed by atoms with E-state index in [4.69, 9.17) is 0 Å². The number of aliphatic hydroxyl groups excluding tert-OH is 1. The van der Waals surface area contributed by atoms with Gasteiger partial charge in [0.15, 0.2) is 0 Å². The first kappa shape index (κ1) is 16.7. The van der Waals surface area contributed by atoms with Crippen LogP contribution < -0.4 is 0 Å². The highest BCUT2D eigenvalue weighted by atomic mass is 16.3. The minimum atomic E-state index is 0.0422. The van der Waals surface area contributed by atoms with Gasteiger partial charge in [-0.15, -0.1) is 0 Å². The minimum absolute atomic E-state index is 0.0422. The molecule has 1 amide bonds. The summed E-state index contributed by atoms with van der Waals surface area (Å²) in [7, 11) is 0. The highest BCUT2D eigenvalue weighted by molar-refractivity contribution is 5.94. The first-order valence-electron chi connectivity index (χ1n) is 8.55. The zero-order valence-corrected chi connectivity index (χ0v) is 14.6. The van der Waals surface area contributed by atoms with Crippen molar-refractivity contribution in [2.24, 2.45) is 5.92 Å². The number of aryl methyl sites for hydroxylation is 2. The molecule has 0 saturated carbocycles. The molecule has 2 heterocycles. The Kier molecular flexibility index (Phi) is 4.71. The molecule has 1 N–H and O–H groups in total. The minimum Gasteiger partial charge on any atom is -0.396 e. The third kappa shape index (κ3) is 3.22. The van der Waals surface area contributed by atoms with E-state index < -0.39 is 0 Å². The Morgan fingerprint density at radius 2 is 1.96 bits per heavy atom. The lowest BCUT2D eigenvalue weighted by atomic mass is 9.93. The Labute approximate surface area is 142 Å². The van der Waals surface area contributed by atoms with Crippen molar-refractivity contribution in [1.82, 2.24) is 14.7 Å². The maximum Gasteiger partial charge on any atom is 0.254 e. The van der Waals surface area contributed by atoms with Crippen LogP contribution in [0.4, 0.5) is 0 Å². The average molecular weight is 327 g/mol. The summed E-state index contributed by atoms with van der Waals surface area (Å²) >= 11 is 0. The van der Waals surface area contributed by atoms with Crippen LogP contribution in [0.3, 0.4) is 0 Å². The zero-order chi connectivity index (χ0) is 17.3. The van der Waals surface area contributed by atoms with Gasteiger partial charge in [0, 0.05) is 30.5 Å². The van der Waals surface area contributed by atoms with Crippen molar-refractivity contribution in [3.63, 3.8) is 0 Å². The van der Waals surface area contributed by atoms with Crippen molar-refractivity contribution in [1.29, 1.82) is 0 Å². The normalized spacial score (nSPS) is 21.1. The number of hydrogen-bond donors (Lipinski definition) is 1. The van der Waals surface area contributed by atoms with E-state index in [0.717, 1.165) is 29.9 Å². The van der Waals surface area contributed by atoms with Crippen LogP contribution in [-0.2, 0) is 0 Å². The number of aromatic nitrogens is 2. The predicted octanol–water partition coefficient (Wildman–Crippen LogP) is 2.72. The van der Waals surface area contributed by atoms with Crippen LogP contribution in [0.1, 0.15) is 41.5 Å². The summed E-state index contributed by atoms with van der Waals surface area (Å²) in [5.41, 5.74) is 3.69. The molecule has 1 aliphatic heterocycles. The standard InChI is InChI=1S/C19H25N3O2/c1-13-10-15(3)22(20-13)18-8-6-17(7-9-18)19(24)21-11-16(12-23)5-4-14(21)2/h6-10,14,16,23H,4-5,11-12H2,1-3H3. The molecule has 3 rings (SSSR count). The molecule has 1 aromatic heterocycles. The lowest BCUT2D eigenvalue weighted by Gasteiger charge is -2.37. The van der Waals surface area contributed by atoms with Gasteiger partial charge in [0.1, 0.15) is 0 Å². The molecule has 0 radical (unpaired) electrons. The number of likely N-dealkylation sites (tertiary alicyclic amines) is 1. The Bertz CT molecular complexity index is 721. The highest BCUT2D eigenvalue weighted by Crippen LogP contribution is 2.24. The van der Waals surface area contributed by atoms with E-state index in [-0.39, 0.29) is 24.5 Å². The van der Waals surface area contributed by atoms with Crippen LogP contribution in [-0.4, -0.2) is 44.9 Å². The summed E-state index contributed by atoms with van der Waals surface area (Å²) in [6.45, 7) is 6.85. The second-order valence-corrected chi connectivity index (χ2v) is 6.82. The molecular formula is C19H25N3O2. The van der Waals surface area contributed by atoms with E-state index >= 15 is 0 Å². The molecule has 0 aliphatic carbocycles. The third-order valence-electron chi connectivity index (χ3n) is 4.87. The smallest absolute Gasteiger partial charge is 0.254 e. The second kappa shape index (κ2) is 6.77. The summed E-state index contributed by atoms with van der Waals surface area (Å²) in [5, 5.41) is 13.9. The number of amides is 1. The fraction of sp³-hybridized carbons (Fsp3) is 0.474. The monoisotopic (exact) mass is 327 g/mol. The number of aliphatic hydroxyl groups is 1. The second-order valence-electron chi connectivity index (χ2n) is 6.82. The Morgan fingerprint density at radius 3 is 2.54 bits per heavy atom. The van der Waals surface area contributed by atoms with E-state index in [1.807, 2.05) is 53.8 Å². The molecular weight excluding hydrogens is 302 g/mol. The van der Waals surface area contributed by atoms with Crippen LogP contribution in [0, 0.1) is 19.8 Å². The topological polar surface area (TPSA) is 58.4 Å². The van der Waals surface area contributed by atoms with Gasteiger partial charge in [-0.3, -0.25) is 4.79 Å². The number of carbonyl (C=O) groups excluding carboxylic acids is 1. The molecule has 1 saturated heterocycles. The van der Waals surface area contributed by atoms with Gasteiger partial charge in [0.05, 0.1) is 11.4 Å². The first-order chi connectivity index (χ1) is 11.5. The maximum absolute atomic E-state index is 12.8. The van der Waals surface area contributed by atoms with Gasteiger partial charge in [-0.05, 0) is 69.9 Å². The number of piperidine rings is 1. The SMILES string of the molecule is Cc1cc(C)n(-c2ccc(C(=O)N3CC(CO)CCC3C)cc2)n1.